The lowest BCUT2D eigenvalue weighted by atomic mass is 9.99. The van der Waals surface area contributed by atoms with Gasteiger partial charge in [0.05, 0.1) is 18.7 Å². The molecule has 2 heterocycles. The third-order valence-electron chi connectivity index (χ3n) is 5.35. The second kappa shape index (κ2) is 8.44. The largest absolute Gasteiger partial charge is 0.497 e. The Morgan fingerprint density at radius 3 is 2.39 bits per heavy atom. The third-order valence-corrected chi connectivity index (χ3v) is 5.35. The Kier molecular flexibility index (Phi) is 5.54. The SMILES string of the molecule is COc1ccc([C@@H](NC(=O)c2cn(C)c3ccc(C)cc3c2=O)c2ccncc2)cc1. The van der Waals surface area contributed by atoms with Crippen molar-refractivity contribution < 1.29 is 9.53 Å². The molecule has 0 saturated carbocycles. The topological polar surface area (TPSA) is 73.2 Å². The molecule has 0 unspecified atom stereocenters. The maximum absolute atomic E-state index is 13.3. The number of ether oxygens (including phenoxy) is 1. The number of amides is 1. The standard InChI is InChI=1S/C25H23N3O3/c1-16-4-9-22-20(14-16)24(29)21(15-28(22)2)25(30)27-23(18-10-12-26-13-11-18)17-5-7-19(31-3)8-6-17/h4-15,23H,1-3H3,(H,27,30)/t23-/m1/s1. The monoisotopic (exact) mass is 413 g/mol. The van der Waals surface area contributed by atoms with E-state index in [1.54, 1.807) is 30.3 Å². The lowest BCUT2D eigenvalue weighted by Crippen LogP contribution is -2.33. The van der Waals surface area contributed by atoms with Crippen LogP contribution in [0.2, 0.25) is 0 Å². The number of nitrogens with zero attached hydrogens (tertiary/aromatic N) is 2. The molecule has 0 bridgehead atoms. The van der Waals surface area contributed by atoms with Crippen LogP contribution in [0.15, 0.2) is 78.0 Å². The Morgan fingerprint density at radius 1 is 1.03 bits per heavy atom. The predicted octanol–water partition coefficient (Wildman–Crippen LogP) is 3.77. The van der Waals surface area contributed by atoms with Gasteiger partial charge < -0.3 is 14.6 Å². The Bertz CT molecular complexity index is 1300. The van der Waals surface area contributed by atoms with E-state index in [0.29, 0.717) is 5.39 Å². The van der Waals surface area contributed by atoms with Crippen molar-refractivity contribution in [3.05, 3.63) is 106 Å². The van der Waals surface area contributed by atoms with E-state index in [-0.39, 0.29) is 11.0 Å². The minimum Gasteiger partial charge on any atom is -0.497 e. The molecule has 4 rings (SSSR count). The highest BCUT2D eigenvalue weighted by atomic mass is 16.5. The van der Waals surface area contributed by atoms with Crippen molar-refractivity contribution in [2.24, 2.45) is 7.05 Å². The van der Waals surface area contributed by atoms with Crippen molar-refractivity contribution in [2.75, 3.05) is 7.11 Å². The zero-order valence-electron chi connectivity index (χ0n) is 17.6. The molecule has 0 aliphatic rings. The van der Waals surface area contributed by atoms with Crippen LogP contribution in [-0.2, 0) is 7.05 Å². The van der Waals surface area contributed by atoms with Crippen molar-refractivity contribution in [1.29, 1.82) is 0 Å². The number of methoxy groups -OCH3 is 1. The van der Waals surface area contributed by atoms with Crippen LogP contribution in [0.25, 0.3) is 10.9 Å². The van der Waals surface area contributed by atoms with Crippen LogP contribution in [0.4, 0.5) is 0 Å². The number of fused-ring (bicyclic) bond motifs is 1. The van der Waals surface area contributed by atoms with Crippen molar-refractivity contribution in [3.63, 3.8) is 0 Å². The third kappa shape index (κ3) is 4.05. The first kappa shape index (κ1) is 20.3. The highest BCUT2D eigenvalue weighted by molar-refractivity contribution is 5.97. The summed E-state index contributed by atoms with van der Waals surface area (Å²) in [5, 5.41) is 3.56. The molecule has 0 aliphatic carbocycles. The van der Waals surface area contributed by atoms with E-state index in [1.807, 2.05) is 68.6 Å². The van der Waals surface area contributed by atoms with Gasteiger partial charge in [0.2, 0.25) is 5.43 Å². The van der Waals surface area contributed by atoms with Gasteiger partial charge >= 0.3 is 0 Å². The summed E-state index contributed by atoms with van der Waals surface area (Å²) in [6.07, 6.45) is 4.94. The fraction of sp³-hybridized carbons (Fsp3) is 0.160. The Labute approximate surface area is 180 Å². The van der Waals surface area contributed by atoms with Crippen molar-refractivity contribution in [2.45, 2.75) is 13.0 Å². The van der Waals surface area contributed by atoms with E-state index in [1.165, 1.54) is 0 Å². The zero-order valence-corrected chi connectivity index (χ0v) is 17.6. The number of nitrogens with one attached hydrogen (secondary N) is 1. The fourth-order valence-corrected chi connectivity index (χ4v) is 3.69. The lowest BCUT2D eigenvalue weighted by molar-refractivity contribution is 0.0941. The van der Waals surface area contributed by atoms with Gasteiger partial charge in [-0.1, -0.05) is 23.8 Å². The van der Waals surface area contributed by atoms with Gasteiger partial charge in [-0.2, -0.15) is 0 Å². The van der Waals surface area contributed by atoms with Gasteiger partial charge in [-0.3, -0.25) is 14.6 Å². The highest BCUT2D eigenvalue weighted by Gasteiger charge is 2.21. The van der Waals surface area contributed by atoms with Gasteiger partial charge in [-0.15, -0.1) is 0 Å². The molecular weight excluding hydrogens is 390 g/mol. The van der Waals surface area contributed by atoms with Crippen LogP contribution in [0.5, 0.6) is 5.75 Å². The molecule has 1 atom stereocenters. The van der Waals surface area contributed by atoms with Gasteiger partial charge in [0, 0.05) is 31.0 Å². The quantitative estimate of drug-likeness (QED) is 0.541. The van der Waals surface area contributed by atoms with Gasteiger partial charge in [0.15, 0.2) is 0 Å². The number of carbonyl (C=O) groups excluding carboxylic acids is 1. The molecule has 6 nitrogen and oxygen atoms in total. The summed E-state index contributed by atoms with van der Waals surface area (Å²) in [7, 11) is 3.44. The molecule has 31 heavy (non-hydrogen) atoms. The number of hydrogen-bond acceptors (Lipinski definition) is 4. The number of pyridine rings is 2. The maximum Gasteiger partial charge on any atom is 0.257 e. The average Bonchev–Trinajstić information content (AvgIpc) is 2.80. The molecule has 2 aromatic heterocycles. The molecule has 156 valence electrons. The maximum atomic E-state index is 13.3. The number of hydrogen-bond donors (Lipinski definition) is 1. The summed E-state index contributed by atoms with van der Waals surface area (Å²) in [6.45, 7) is 1.93. The predicted molar refractivity (Wildman–Crippen MR) is 120 cm³/mol. The van der Waals surface area contributed by atoms with E-state index in [4.69, 9.17) is 4.74 Å². The van der Waals surface area contributed by atoms with Gasteiger partial charge in [-0.25, -0.2) is 0 Å². The number of rotatable bonds is 5. The van der Waals surface area contributed by atoms with Gasteiger partial charge in [0.1, 0.15) is 11.3 Å². The van der Waals surface area contributed by atoms with Crippen LogP contribution in [0, 0.1) is 6.92 Å². The minimum atomic E-state index is -0.445. The first-order valence-electron chi connectivity index (χ1n) is 9.92. The van der Waals surface area contributed by atoms with Crippen LogP contribution in [-0.4, -0.2) is 22.6 Å². The second-order valence-electron chi connectivity index (χ2n) is 7.46. The van der Waals surface area contributed by atoms with E-state index in [2.05, 4.69) is 10.3 Å². The number of benzene rings is 2. The lowest BCUT2D eigenvalue weighted by Gasteiger charge is -2.20. The van der Waals surface area contributed by atoms with Crippen molar-refractivity contribution >= 4 is 16.8 Å². The summed E-state index contributed by atoms with van der Waals surface area (Å²) in [4.78, 5) is 30.4. The molecule has 0 aliphatic heterocycles. The van der Waals surface area contributed by atoms with Crippen LogP contribution in [0.1, 0.15) is 33.1 Å². The average molecular weight is 413 g/mol. The van der Waals surface area contributed by atoms with Crippen LogP contribution < -0.4 is 15.5 Å². The summed E-state index contributed by atoms with van der Waals surface area (Å²) in [5.74, 6) is 0.295. The Hall–Kier alpha value is -3.93. The van der Waals surface area contributed by atoms with Crippen molar-refractivity contribution in [3.8, 4) is 5.75 Å². The summed E-state index contributed by atoms with van der Waals surface area (Å²) < 4.78 is 7.05. The molecule has 0 spiro atoms. The van der Waals surface area contributed by atoms with Gasteiger partial charge in [-0.05, 0) is 54.4 Å². The van der Waals surface area contributed by atoms with E-state index in [9.17, 15) is 9.59 Å². The van der Waals surface area contributed by atoms with Gasteiger partial charge in [0.25, 0.3) is 5.91 Å². The Balaban J connectivity index is 1.76. The van der Waals surface area contributed by atoms with E-state index < -0.39 is 11.9 Å². The van der Waals surface area contributed by atoms with E-state index in [0.717, 1.165) is 28.0 Å². The first-order chi connectivity index (χ1) is 15.0. The summed E-state index contributed by atoms with van der Waals surface area (Å²) in [6, 6.07) is 16.4. The summed E-state index contributed by atoms with van der Waals surface area (Å²) in [5.41, 5.74) is 3.31. The molecule has 4 aromatic rings. The minimum absolute atomic E-state index is 0.105. The molecule has 1 amide bonds. The molecule has 1 N–H and O–H groups in total. The molecule has 0 fully saturated rings. The highest BCUT2D eigenvalue weighted by Crippen LogP contribution is 2.24. The van der Waals surface area contributed by atoms with Crippen LogP contribution >= 0.6 is 0 Å². The number of aryl methyl sites for hydroxylation is 2. The second-order valence-corrected chi connectivity index (χ2v) is 7.46. The smallest absolute Gasteiger partial charge is 0.257 e. The Morgan fingerprint density at radius 2 is 1.71 bits per heavy atom. The molecule has 0 saturated heterocycles. The van der Waals surface area contributed by atoms with E-state index >= 15 is 0 Å². The molecule has 6 heteroatoms. The number of carbonyl (C=O) groups is 1. The first-order valence-corrected chi connectivity index (χ1v) is 9.92. The number of aromatic nitrogens is 2. The van der Waals surface area contributed by atoms with Crippen molar-refractivity contribution in [1.82, 2.24) is 14.9 Å². The zero-order chi connectivity index (χ0) is 22.0. The molecule has 2 aromatic carbocycles. The fourth-order valence-electron chi connectivity index (χ4n) is 3.69. The summed E-state index contributed by atoms with van der Waals surface area (Å²) >= 11 is 0. The normalized spacial score (nSPS) is 11.8. The molecular formula is C25H23N3O3. The molecule has 0 radical (unpaired) electrons. The van der Waals surface area contributed by atoms with Crippen LogP contribution in [0.3, 0.4) is 0 Å².